The fourth-order valence-electron chi connectivity index (χ4n) is 2.48. The topological polar surface area (TPSA) is 75.6 Å². The van der Waals surface area contributed by atoms with Gasteiger partial charge in [-0.05, 0) is 46.5 Å². The summed E-state index contributed by atoms with van der Waals surface area (Å²) in [4.78, 5) is 22.9. The van der Waals surface area contributed by atoms with Crippen molar-refractivity contribution in [2.45, 2.75) is 57.6 Å². The highest BCUT2D eigenvalue weighted by molar-refractivity contribution is 5.72. The summed E-state index contributed by atoms with van der Waals surface area (Å²) >= 11 is 0. The molecule has 0 saturated heterocycles. The van der Waals surface area contributed by atoms with Crippen LogP contribution >= 0.6 is 0 Å². The smallest absolute Gasteiger partial charge is 0.408 e. The number of carbonyl (C=O) groups excluding carboxylic acids is 1. The van der Waals surface area contributed by atoms with E-state index in [4.69, 9.17) is 9.84 Å². The molecule has 19 heavy (non-hydrogen) atoms. The van der Waals surface area contributed by atoms with Crippen molar-refractivity contribution in [1.82, 2.24) is 5.32 Å². The van der Waals surface area contributed by atoms with Gasteiger partial charge < -0.3 is 15.2 Å². The van der Waals surface area contributed by atoms with Gasteiger partial charge in [0, 0.05) is 5.54 Å². The molecule has 1 saturated carbocycles. The van der Waals surface area contributed by atoms with Gasteiger partial charge in [-0.2, -0.15) is 0 Å². The van der Waals surface area contributed by atoms with Gasteiger partial charge in [0.15, 0.2) is 0 Å². The lowest BCUT2D eigenvalue weighted by Crippen LogP contribution is -2.48. The van der Waals surface area contributed by atoms with Crippen LogP contribution in [-0.4, -0.2) is 28.3 Å². The second-order valence-electron chi connectivity index (χ2n) is 6.18. The first-order valence-electron chi connectivity index (χ1n) is 6.52. The highest BCUT2D eigenvalue weighted by Gasteiger charge is 2.42. The molecule has 5 nitrogen and oxygen atoms in total. The van der Waals surface area contributed by atoms with Crippen LogP contribution < -0.4 is 5.32 Å². The quantitative estimate of drug-likeness (QED) is 0.769. The van der Waals surface area contributed by atoms with Gasteiger partial charge in [-0.1, -0.05) is 6.08 Å². The Balaban J connectivity index is 2.71. The van der Waals surface area contributed by atoms with Crippen molar-refractivity contribution < 1.29 is 19.4 Å². The van der Waals surface area contributed by atoms with E-state index in [1.165, 1.54) is 0 Å². The van der Waals surface area contributed by atoms with Crippen molar-refractivity contribution in [3.05, 3.63) is 12.7 Å². The predicted molar refractivity (Wildman–Crippen MR) is 71.9 cm³/mol. The van der Waals surface area contributed by atoms with Crippen molar-refractivity contribution in [2.75, 3.05) is 0 Å². The molecule has 2 unspecified atom stereocenters. The van der Waals surface area contributed by atoms with E-state index < -0.39 is 29.1 Å². The summed E-state index contributed by atoms with van der Waals surface area (Å²) in [5.74, 6) is -1.22. The molecule has 1 aliphatic carbocycles. The first kappa shape index (κ1) is 15.5. The van der Waals surface area contributed by atoms with Crippen molar-refractivity contribution >= 4 is 12.1 Å². The third-order valence-corrected chi connectivity index (χ3v) is 3.26. The molecular weight excluding hydrogens is 246 g/mol. The van der Waals surface area contributed by atoms with Crippen LogP contribution in [0, 0.1) is 5.92 Å². The Kier molecular flexibility index (Phi) is 4.61. The largest absolute Gasteiger partial charge is 0.481 e. The molecule has 108 valence electrons. The highest BCUT2D eigenvalue weighted by atomic mass is 16.6. The summed E-state index contributed by atoms with van der Waals surface area (Å²) < 4.78 is 5.23. The van der Waals surface area contributed by atoms with Gasteiger partial charge in [0.25, 0.3) is 0 Å². The molecule has 0 aromatic heterocycles. The maximum atomic E-state index is 11.9. The molecule has 5 heteroatoms. The third-order valence-electron chi connectivity index (χ3n) is 3.26. The zero-order valence-electron chi connectivity index (χ0n) is 11.9. The Labute approximate surface area is 114 Å². The molecule has 0 heterocycles. The molecule has 0 spiro atoms. The van der Waals surface area contributed by atoms with Crippen molar-refractivity contribution in [3.63, 3.8) is 0 Å². The fraction of sp³-hybridized carbons (Fsp3) is 0.714. The number of hydrogen-bond acceptors (Lipinski definition) is 3. The second kappa shape index (κ2) is 5.63. The van der Waals surface area contributed by atoms with E-state index >= 15 is 0 Å². The zero-order valence-corrected chi connectivity index (χ0v) is 11.9. The van der Waals surface area contributed by atoms with Crippen LogP contribution in [0.5, 0.6) is 0 Å². The molecule has 1 aliphatic rings. The number of carboxylic acids is 1. The van der Waals surface area contributed by atoms with Gasteiger partial charge in [0.2, 0.25) is 0 Å². The van der Waals surface area contributed by atoms with E-state index in [1.54, 1.807) is 26.8 Å². The lowest BCUT2D eigenvalue weighted by molar-refractivity contribution is -0.141. The van der Waals surface area contributed by atoms with Gasteiger partial charge in [0.05, 0.1) is 5.92 Å². The number of carbonyl (C=O) groups is 2. The average Bonchev–Trinajstić information content (AvgIpc) is 2.59. The summed E-state index contributed by atoms with van der Waals surface area (Å²) in [7, 11) is 0. The maximum absolute atomic E-state index is 11.9. The first-order chi connectivity index (χ1) is 8.67. The molecule has 2 N–H and O–H groups in total. The van der Waals surface area contributed by atoms with E-state index in [1.807, 2.05) is 0 Å². The molecule has 1 fully saturated rings. The summed E-state index contributed by atoms with van der Waals surface area (Å²) in [6, 6.07) is 0. The number of rotatable bonds is 4. The number of nitrogens with one attached hydrogen (secondary N) is 1. The fourth-order valence-corrected chi connectivity index (χ4v) is 2.48. The van der Waals surface area contributed by atoms with Crippen LogP contribution in [0.1, 0.15) is 46.5 Å². The Morgan fingerprint density at radius 3 is 2.58 bits per heavy atom. The van der Waals surface area contributed by atoms with Crippen LogP contribution in [0.4, 0.5) is 4.79 Å². The number of aliphatic carboxylic acids is 1. The Hall–Kier alpha value is -1.52. The average molecular weight is 269 g/mol. The minimum absolute atomic E-state index is 0.408. The molecule has 0 aromatic carbocycles. The number of alkyl carbamates (subject to hydrolysis) is 1. The van der Waals surface area contributed by atoms with E-state index in [-0.39, 0.29) is 0 Å². The van der Waals surface area contributed by atoms with E-state index in [2.05, 4.69) is 11.9 Å². The SMILES string of the molecule is C=CCC1(NC(=O)OC(C)(C)C)CCC(C(=O)O)C1. The Bertz CT molecular complexity index is 372. The molecule has 0 aliphatic heterocycles. The summed E-state index contributed by atoms with van der Waals surface area (Å²) in [5.41, 5.74) is -1.10. The van der Waals surface area contributed by atoms with E-state index in [0.717, 1.165) is 0 Å². The van der Waals surface area contributed by atoms with Gasteiger partial charge in [-0.3, -0.25) is 4.79 Å². The normalized spacial score (nSPS) is 26.8. The molecule has 0 aromatic rings. The summed E-state index contributed by atoms with van der Waals surface area (Å²) in [6.45, 7) is 9.06. The van der Waals surface area contributed by atoms with Crippen LogP contribution in [0.3, 0.4) is 0 Å². The molecular formula is C14H23NO4. The van der Waals surface area contributed by atoms with Crippen LogP contribution in [-0.2, 0) is 9.53 Å². The first-order valence-corrected chi connectivity index (χ1v) is 6.52. The molecule has 0 bridgehead atoms. The highest BCUT2D eigenvalue weighted by Crippen LogP contribution is 2.37. The lowest BCUT2D eigenvalue weighted by atomic mass is 9.92. The zero-order chi connectivity index (χ0) is 14.7. The second-order valence-corrected chi connectivity index (χ2v) is 6.18. The summed E-state index contributed by atoms with van der Waals surface area (Å²) in [6.07, 6.45) is 3.39. The lowest BCUT2D eigenvalue weighted by Gasteiger charge is -2.31. The minimum Gasteiger partial charge on any atom is -0.481 e. The van der Waals surface area contributed by atoms with Crippen molar-refractivity contribution in [1.29, 1.82) is 0 Å². The number of carboxylic acid groups (broad SMARTS) is 1. The Morgan fingerprint density at radius 1 is 1.53 bits per heavy atom. The van der Waals surface area contributed by atoms with Gasteiger partial charge in [-0.25, -0.2) is 4.79 Å². The standard InChI is InChI=1S/C14H23NO4/c1-5-7-14(8-6-10(9-14)11(16)17)15-12(18)19-13(2,3)4/h5,10H,1,6-9H2,2-4H3,(H,15,18)(H,16,17). The van der Waals surface area contributed by atoms with Crippen LogP contribution in [0.2, 0.25) is 0 Å². The van der Waals surface area contributed by atoms with Gasteiger partial charge >= 0.3 is 12.1 Å². The molecule has 1 amide bonds. The van der Waals surface area contributed by atoms with Gasteiger partial charge in [0.1, 0.15) is 5.60 Å². The third kappa shape index (κ3) is 4.58. The van der Waals surface area contributed by atoms with E-state index in [9.17, 15) is 9.59 Å². The number of hydrogen-bond donors (Lipinski definition) is 2. The van der Waals surface area contributed by atoms with Gasteiger partial charge in [-0.15, -0.1) is 6.58 Å². The monoisotopic (exact) mass is 269 g/mol. The van der Waals surface area contributed by atoms with Crippen LogP contribution in [0.25, 0.3) is 0 Å². The number of amides is 1. The predicted octanol–water partition coefficient (Wildman–Crippen LogP) is 2.71. The van der Waals surface area contributed by atoms with Crippen LogP contribution in [0.15, 0.2) is 12.7 Å². The molecule has 1 rings (SSSR count). The molecule has 2 atom stereocenters. The summed E-state index contributed by atoms with van der Waals surface area (Å²) in [5, 5.41) is 11.9. The molecule has 0 radical (unpaired) electrons. The van der Waals surface area contributed by atoms with Crippen molar-refractivity contribution in [2.24, 2.45) is 5.92 Å². The maximum Gasteiger partial charge on any atom is 0.408 e. The Morgan fingerprint density at radius 2 is 2.16 bits per heavy atom. The minimum atomic E-state index is -0.808. The number of ether oxygens (including phenoxy) is 1. The van der Waals surface area contributed by atoms with Crippen molar-refractivity contribution in [3.8, 4) is 0 Å². The van der Waals surface area contributed by atoms with E-state index in [0.29, 0.717) is 25.7 Å².